The molecule has 1 aliphatic rings. The van der Waals surface area contributed by atoms with Crippen molar-refractivity contribution < 1.29 is 13.9 Å². The van der Waals surface area contributed by atoms with Crippen molar-refractivity contribution in [3.8, 4) is 0 Å². The summed E-state index contributed by atoms with van der Waals surface area (Å²) in [4.78, 5) is 14.3. The summed E-state index contributed by atoms with van der Waals surface area (Å²) in [5, 5.41) is 5.87. The van der Waals surface area contributed by atoms with Gasteiger partial charge in [0.1, 0.15) is 5.82 Å². The van der Waals surface area contributed by atoms with Crippen molar-refractivity contribution in [2.24, 2.45) is 5.92 Å². The molecule has 1 aromatic rings. The van der Waals surface area contributed by atoms with Gasteiger partial charge in [0.25, 0.3) is 0 Å². The number of carbonyl (C=O) groups excluding carboxylic acids is 1. The zero-order valence-electron chi connectivity index (χ0n) is 14.9. The van der Waals surface area contributed by atoms with E-state index in [0.29, 0.717) is 17.9 Å². The molecule has 1 aromatic carbocycles. The highest BCUT2D eigenvalue weighted by Crippen LogP contribution is 2.21. The van der Waals surface area contributed by atoms with Crippen LogP contribution in [0.4, 0.5) is 15.8 Å². The first kappa shape index (κ1) is 18.7. The van der Waals surface area contributed by atoms with Crippen LogP contribution in [0.1, 0.15) is 26.7 Å². The average Bonchev–Trinajstić information content (AvgIpc) is 2.98. The molecule has 2 N–H and O–H groups in total. The van der Waals surface area contributed by atoms with Gasteiger partial charge in [-0.1, -0.05) is 13.8 Å². The van der Waals surface area contributed by atoms with Crippen LogP contribution in [0.2, 0.25) is 0 Å². The van der Waals surface area contributed by atoms with Crippen LogP contribution in [0.25, 0.3) is 0 Å². The summed E-state index contributed by atoms with van der Waals surface area (Å²) in [6, 6.07) is 4.46. The number of rotatable bonds is 7. The van der Waals surface area contributed by atoms with Gasteiger partial charge in [0.2, 0.25) is 5.91 Å². The number of nitrogens with zero attached hydrogens (tertiary/aromatic N) is 1. The Kier molecular flexibility index (Phi) is 6.57. The highest BCUT2D eigenvalue weighted by atomic mass is 19.1. The Morgan fingerprint density at radius 1 is 1.42 bits per heavy atom. The van der Waals surface area contributed by atoms with Gasteiger partial charge in [-0.25, -0.2) is 4.39 Å². The first-order chi connectivity index (χ1) is 11.4. The van der Waals surface area contributed by atoms with Crippen LogP contribution in [0.5, 0.6) is 0 Å². The zero-order chi connectivity index (χ0) is 17.7. The molecule has 1 amide bonds. The molecule has 6 heteroatoms. The Hall–Kier alpha value is -1.66. The van der Waals surface area contributed by atoms with Crippen LogP contribution in [0, 0.1) is 11.7 Å². The standard InChI is InChI=1S/C18H28FN3O2/c1-12(2)17(22(3)4)18(23)21-13-7-8-16(15(19)10-13)20-11-14-6-5-9-24-14/h7-8,10,12,14,17,20H,5-6,9,11H2,1-4H3,(H,21,23)/t14-,17-/m0/s1. The number of halogens is 1. The molecule has 1 fully saturated rings. The molecule has 2 atom stereocenters. The minimum Gasteiger partial charge on any atom is -0.380 e. The molecule has 5 nitrogen and oxygen atoms in total. The number of hydrogen-bond acceptors (Lipinski definition) is 4. The fourth-order valence-corrected chi connectivity index (χ4v) is 3.12. The molecule has 0 spiro atoms. The van der Waals surface area contributed by atoms with Crippen LogP contribution in [-0.4, -0.2) is 50.2 Å². The van der Waals surface area contributed by atoms with Crippen LogP contribution in [0.3, 0.4) is 0 Å². The second kappa shape index (κ2) is 8.44. The van der Waals surface area contributed by atoms with Gasteiger partial charge in [-0.05, 0) is 51.1 Å². The summed E-state index contributed by atoms with van der Waals surface area (Å²) in [7, 11) is 3.73. The third-order valence-corrected chi connectivity index (χ3v) is 4.24. The van der Waals surface area contributed by atoms with Gasteiger partial charge in [-0.15, -0.1) is 0 Å². The van der Waals surface area contributed by atoms with Gasteiger partial charge in [0.05, 0.1) is 17.8 Å². The monoisotopic (exact) mass is 337 g/mol. The van der Waals surface area contributed by atoms with E-state index in [1.165, 1.54) is 6.07 Å². The van der Waals surface area contributed by atoms with E-state index >= 15 is 0 Å². The predicted octanol–water partition coefficient (Wildman–Crippen LogP) is 2.94. The number of benzene rings is 1. The maximum atomic E-state index is 14.2. The number of nitrogens with one attached hydrogen (secondary N) is 2. The van der Waals surface area contributed by atoms with Crippen molar-refractivity contribution in [1.29, 1.82) is 0 Å². The predicted molar refractivity (Wildman–Crippen MR) is 94.8 cm³/mol. The van der Waals surface area contributed by atoms with E-state index in [0.717, 1.165) is 19.4 Å². The van der Waals surface area contributed by atoms with Crippen LogP contribution >= 0.6 is 0 Å². The van der Waals surface area contributed by atoms with Crippen molar-refractivity contribution in [3.05, 3.63) is 24.0 Å². The largest absolute Gasteiger partial charge is 0.380 e. The minimum absolute atomic E-state index is 0.130. The van der Waals surface area contributed by atoms with Gasteiger partial charge in [-0.2, -0.15) is 0 Å². The minimum atomic E-state index is -0.378. The normalized spacial score (nSPS) is 18.9. The number of anilines is 2. The SMILES string of the molecule is CC(C)[C@@H](C(=O)Nc1ccc(NC[C@@H]2CCCO2)c(F)c1)N(C)C. The molecule has 134 valence electrons. The quantitative estimate of drug-likeness (QED) is 0.803. The summed E-state index contributed by atoms with van der Waals surface area (Å²) in [6.07, 6.45) is 2.21. The van der Waals surface area contributed by atoms with Crippen molar-refractivity contribution in [2.45, 2.75) is 38.8 Å². The zero-order valence-corrected chi connectivity index (χ0v) is 14.9. The van der Waals surface area contributed by atoms with E-state index in [1.54, 1.807) is 12.1 Å². The van der Waals surface area contributed by atoms with Gasteiger partial charge < -0.3 is 15.4 Å². The van der Waals surface area contributed by atoms with Crippen molar-refractivity contribution >= 4 is 17.3 Å². The van der Waals surface area contributed by atoms with Crippen LogP contribution in [0.15, 0.2) is 18.2 Å². The molecule has 0 unspecified atom stereocenters. The second-order valence-corrected chi connectivity index (χ2v) is 6.85. The topological polar surface area (TPSA) is 53.6 Å². The molecule has 0 aromatic heterocycles. The van der Waals surface area contributed by atoms with E-state index < -0.39 is 0 Å². The molecule has 0 saturated carbocycles. The third kappa shape index (κ3) is 4.92. The molecule has 2 rings (SSSR count). The number of hydrogen-bond donors (Lipinski definition) is 2. The Morgan fingerprint density at radius 2 is 2.17 bits per heavy atom. The molecule has 1 saturated heterocycles. The number of likely N-dealkylation sites (N-methyl/N-ethyl adjacent to an activating group) is 1. The fourth-order valence-electron chi connectivity index (χ4n) is 3.12. The lowest BCUT2D eigenvalue weighted by Crippen LogP contribution is -2.43. The summed E-state index contributed by atoms with van der Waals surface area (Å²) >= 11 is 0. The molecular formula is C18H28FN3O2. The number of ether oxygens (including phenoxy) is 1. The third-order valence-electron chi connectivity index (χ3n) is 4.24. The van der Waals surface area contributed by atoms with Crippen LogP contribution in [-0.2, 0) is 9.53 Å². The Morgan fingerprint density at radius 3 is 2.71 bits per heavy atom. The van der Waals surface area contributed by atoms with E-state index in [-0.39, 0.29) is 29.8 Å². The second-order valence-electron chi connectivity index (χ2n) is 6.85. The summed E-state index contributed by atoms with van der Waals surface area (Å²) in [6.45, 7) is 5.35. The van der Waals surface area contributed by atoms with E-state index in [1.807, 2.05) is 32.8 Å². The molecule has 0 radical (unpaired) electrons. The summed E-state index contributed by atoms with van der Waals surface area (Å²) in [5.41, 5.74) is 0.893. The lowest BCUT2D eigenvalue weighted by molar-refractivity contribution is -0.121. The molecule has 24 heavy (non-hydrogen) atoms. The van der Waals surface area contributed by atoms with Crippen molar-refractivity contribution in [2.75, 3.05) is 37.9 Å². The average molecular weight is 337 g/mol. The lowest BCUT2D eigenvalue weighted by atomic mass is 10.0. The van der Waals surface area contributed by atoms with Gasteiger partial charge in [-0.3, -0.25) is 9.69 Å². The molecule has 1 heterocycles. The fraction of sp³-hybridized carbons (Fsp3) is 0.611. The first-order valence-corrected chi connectivity index (χ1v) is 8.50. The van der Waals surface area contributed by atoms with E-state index in [9.17, 15) is 9.18 Å². The number of carbonyl (C=O) groups is 1. The Labute approximate surface area is 143 Å². The summed E-state index contributed by atoms with van der Waals surface area (Å²) in [5.74, 6) is -0.344. The smallest absolute Gasteiger partial charge is 0.241 e. The van der Waals surface area contributed by atoms with Crippen molar-refractivity contribution in [1.82, 2.24) is 4.90 Å². The van der Waals surface area contributed by atoms with E-state index in [2.05, 4.69) is 10.6 Å². The number of amides is 1. The molecule has 0 aliphatic carbocycles. The molecular weight excluding hydrogens is 309 g/mol. The first-order valence-electron chi connectivity index (χ1n) is 8.50. The highest BCUT2D eigenvalue weighted by Gasteiger charge is 2.24. The highest BCUT2D eigenvalue weighted by molar-refractivity contribution is 5.95. The maximum absolute atomic E-state index is 14.2. The Balaban J connectivity index is 1.96. The summed E-state index contributed by atoms with van der Waals surface area (Å²) < 4.78 is 19.7. The maximum Gasteiger partial charge on any atom is 0.241 e. The van der Waals surface area contributed by atoms with Gasteiger partial charge in [0.15, 0.2) is 0 Å². The lowest BCUT2D eigenvalue weighted by Gasteiger charge is -2.26. The Bertz CT molecular complexity index is 549. The van der Waals surface area contributed by atoms with Gasteiger partial charge >= 0.3 is 0 Å². The van der Waals surface area contributed by atoms with E-state index in [4.69, 9.17) is 4.74 Å². The van der Waals surface area contributed by atoms with Gasteiger partial charge in [0, 0.05) is 18.8 Å². The van der Waals surface area contributed by atoms with Crippen LogP contribution < -0.4 is 10.6 Å². The molecule has 0 bridgehead atoms. The molecule has 1 aliphatic heterocycles. The van der Waals surface area contributed by atoms with Crippen molar-refractivity contribution in [3.63, 3.8) is 0 Å².